The molecule has 1 aliphatic rings. The van der Waals surface area contributed by atoms with Gasteiger partial charge in [-0.3, -0.25) is 9.59 Å². The number of methoxy groups -OCH3 is 1. The summed E-state index contributed by atoms with van der Waals surface area (Å²) in [4.78, 5) is 32.1. The third kappa shape index (κ3) is 8.08. The fraction of sp³-hybridized carbons (Fsp3) is 0.548. The number of aryl methyl sites for hydroxylation is 3. The van der Waals surface area contributed by atoms with Crippen molar-refractivity contribution in [2.24, 2.45) is 0 Å². The average Bonchev–Trinajstić information content (AvgIpc) is 2.92. The van der Waals surface area contributed by atoms with Gasteiger partial charge in [0.25, 0.3) is 0 Å². The van der Waals surface area contributed by atoms with Crippen LogP contribution < -0.4 is 9.64 Å². The number of amides is 1. The first-order chi connectivity index (χ1) is 19.2. The van der Waals surface area contributed by atoms with Gasteiger partial charge in [-0.05, 0) is 94.2 Å². The third-order valence-corrected chi connectivity index (χ3v) is 10.1. The van der Waals surface area contributed by atoms with Gasteiger partial charge in [0, 0.05) is 58.3 Å². The second-order valence-electron chi connectivity index (χ2n) is 11.5. The number of sulfonamides is 1. The Hall–Kier alpha value is -2.95. The summed E-state index contributed by atoms with van der Waals surface area (Å²) < 4.78 is 32.7. The van der Waals surface area contributed by atoms with Crippen LogP contribution in [0, 0.1) is 20.8 Å². The number of hydrogen-bond acceptors (Lipinski definition) is 7. The number of carbonyl (C=O) groups is 2. The molecule has 1 fully saturated rings. The zero-order valence-corrected chi connectivity index (χ0v) is 26.7. The Bertz CT molecular complexity index is 1340. The SMILES string of the molecule is COc1cc(C)c(S(=O)(=O)N(C)CC(=O)CCC(=O)N(C)Cc2ccc(N3CCCC(N(C)C)C3)cc2C)c(C)c1. The first kappa shape index (κ1) is 32.6. The number of ketones is 1. The van der Waals surface area contributed by atoms with E-state index in [1.54, 1.807) is 37.9 Å². The summed E-state index contributed by atoms with van der Waals surface area (Å²) in [5, 5.41) is 0. The molecule has 0 spiro atoms. The van der Waals surface area contributed by atoms with Crippen molar-refractivity contribution in [2.75, 3.05) is 59.8 Å². The Kier molecular flexibility index (Phi) is 11.0. The summed E-state index contributed by atoms with van der Waals surface area (Å²) in [5.41, 5.74) is 4.50. The van der Waals surface area contributed by atoms with Crippen LogP contribution >= 0.6 is 0 Å². The van der Waals surface area contributed by atoms with E-state index in [0.717, 1.165) is 28.5 Å². The molecule has 0 aromatic heterocycles. The van der Waals surface area contributed by atoms with Crippen molar-refractivity contribution >= 4 is 27.4 Å². The van der Waals surface area contributed by atoms with E-state index in [1.807, 2.05) is 0 Å². The number of benzene rings is 2. The highest BCUT2D eigenvalue weighted by Gasteiger charge is 2.27. The summed E-state index contributed by atoms with van der Waals surface area (Å²) in [6.07, 6.45) is 2.39. The molecule has 0 aliphatic carbocycles. The van der Waals surface area contributed by atoms with Crippen molar-refractivity contribution in [3.8, 4) is 5.75 Å². The lowest BCUT2D eigenvalue weighted by Gasteiger charge is -2.37. The van der Waals surface area contributed by atoms with E-state index in [4.69, 9.17) is 4.74 Å². The van der Waals surface area contributed by atoms with Crippen molar-refractivity contribution in [3.05, 3.63) is 52.6 Å². The molecular formula is C31H46N4O5S. The van der Waals surface area contributed by atoms with Crippen molar-refractivity contribution < 1.29 is 22.7 Å². The second-order valence-corrected chi connectivity index (χ2v) is 13.4. The van der Waals surface area contributed by atoms with Crippen LogP contribution in [0.5, 0.6) is 5.75 Å². The molecule has 0 saturated carbocycles. The predicted molar refractivity (Wildman–Crippen MR) is 163 cm³/mol. The predicted octanol–water partition coefficient (Wildman–Crippen LogP) is 3.78. The summed E-state index contributed by atoms with van der Waals surface area (Å²) in [6, 6.07) is 10.3. The molecule has 1 unspecified atom stereocenters. The van der Waals surface area contributed by atoms with Crippen LogP contribution in [0.15, 0.2) is 35.2 Å². The number of hydrogen-bond donors (Lipinski definition) is 0. The molecule has 1 atom stereocenters. The van der Waals surface area contributed by atoms with Crippen LogP contribution in [0.2, 0.25) is 0 Å². The highest BCUT2D eigenvalue weighted by molar-refractivity contribution is 7.89. The molecule has 0 bridgehead atoms. The van der Waals surface area contributed by atoms with Gasteiger partial charge in [0.2, 0.25) is 15.9 Å². The summed E-state index contributed by atoms with van der Waals surface area (Å²) in [6.45, 7) is 7.68. The molecule has 1 saturated heterocycles. The summed E-state index contributed by atoms with van der Waals surface area (Å²) in [5.74, 6) is 0.116. The van der Waals surface area contributed by atoms with Crippen molar-refractivity contribution in [2.45, 2.75) is 63.9 Å². The fourth-order valence-electron chi connectivity index (χ4n) is 5.45. The lowest BCUT2D eigenvalue weighted by molar-refractivity contribution is -0.132. The van der Waals surface area contributed by atoms with E-state index in [9.17, 15) is 18.0 Å². The van der Waals surface area contributed by atoms with Crippen LogP contribution in [0.1, 0.15) is 47.9 Å². The molecule has 3 rings (SSSR count). The normalized spacial score (nSPS) is 15.9. The highest BCUT2D eigenvalue weighted by Crippen LogP contribution is 2.28. The Morgan fingerprint density at radius 3 is 2.22 bits per heavy atom. The summed E-state index contributed by atoms with van der Waals surface area (Å²) in [7, 11) is 5.03. The lowest BCUT2D eigenvalue weighted by Crippen LogP contribution is -2.45. The fourth-order valence-corrected chi connectivity index (χ4v) is 7.01. The number of likely N-dealkylation sites (N-methyl/N-ethyl adjacent to an activating group) is 2. The Balaban J connectivity index is 1.54. The first-order valence-corrected chi connectivity index (χ1v) is 15.6. The minimum Gasteiger partial charge on any atom is -0.497 e. The number of Topliss-reactive ketones (excluding diaryl/α,β-unsaturated/α-hetero) is 1. The van der Waals surface area contributed by atoms with Crippen molar-refractivity contribution in [1.82, 2.24) is 14.1 Å². The zero-order valence-electron chi connectivity index (χ0n) is 25.9. The minimum atomic E-state index is -3.88. The third-order valence-electron chi connectivity index (χ3n) is 8.01. The van der Waals surface area contributed by atoms with E-state index in [-0.39, 0.29) is 36.0 Å². The Morgan fingerprint density at radius 1 is 0.976 bits per heavy atom. The maximum absolute atomic E-state index is 13.2. The number of ether oxygens (including phenoxy) is 1. The van der Waals surface area contributed by atoms with Crippen LogP contribution in [-0.2, 0) is 26.2 Å². The van der Waals surface area contributed by atoms with E-state index in [0.29, 0.717) is 29.5 Å². The maximum atomic E-state index is 13.2. The quantitative estimate of drug-likeness (QED) is 0.374. The van der Waals surface area contributed by atoms with Gasteiger partial charge in [-0.1, -0.05) is 6.07 Å². The van der Waals surface area contributed by atoms with Crippen LogP contribution in [0.25, 0.3) is 0 Å². The smallest absolute Gasteiger partial charge is 0.243 e. The van der Waals surface area contributed by atoms with Crippen molar-refractivity contribution in [1.29, 1.82) is 0 Å². The van der Waals surface area contributed by atoms with Gasteiger partial charge in [-0.2, -0.15) is 4.31 Å². The first-order valence-electron chi connectivity index (χ1n) is 14.1. The maximum Gasteiger partial charge on any atom is 0.243 e. The minimum absolute atomic E-state index is 0.0243. The van der Waals surface area contributed by atoms with Crippen molar-refractivity contribution in [3.63, 3.8) is 0 Å². The van der Waals surface area contributed by atoms with E-state index >= 15 is 0 Å². The van der Waals surface area contributed by atoms with Gasteiger partial charge >= 0.3 is 0 Å². The average molecular weight is 587 g/mol. The van der Waals surface area contributed by atoms with Gasteiger partial charge in [0.15, 0.2) is 0 Å². The topological polar surface area (TPSA) is 90.5 Å². The molecule has 226 valence electrons. The Morgan fingerprint density at radius 2 is 1.63 bits per heavy atom. The molecule has 41 heavy (non-hydrogen) atoms. The number of rotatable bonds is 12. The molecule has 1 aliphatic heterocycles. The summed E-state index contributed by atoms with van der Waals surface area (Å²) >= 11 is 0. The highest BCUT2D eigenvalue weighted by atomic mass is 32.2. The Labute approximate surface area is 246 Å². The van der Waals surface area contributed by atoms with E-state index < -0.39 is 10.0 Å². The van der Waals surface area contributed by atoms with Gasteiger partial charge in [0.05, 0.1) is 18.6 Å². The molecule has 1 amide bonds. The van der Waals surface area contributed by atoms with Gasteiger partial charge in [-0.15, -0.1) is 0 Å². The molecule has 0 N–H and O–H groups in total. The number of anilines is 1. The largest absolute Gasteiger partial charge is 0.497 e. The molecule has 0 radical (unpaired) electrons. The monoisotopic (exact) mass is 586 g/mol. The molecular weight excluding hydrogens is 540 g/mol. The van der Waals surface area contributed by atoms with Gasteiger partial charge < -0.3 is 19.4 Å². The number of nitrogens with zero attached hydrogens (tertiary/aromatic N) is 4. The molecule has 1 heterocycles. The molecule has 10 heteroatoms. The number of piperidine rings is 1. The molecule has 2 aromatic carbocycles. The van der Waals surface area contributed by atoms with E-state index in [1.165, 1.54) is 32.7 Å². The van der Waals surface area contributed by atoms with Crippen LogP contribution in [0.4, 0.5) is 5.69 Å². The van der Waals surface area contributed by atoms with Gasteiger partial charge in [-0.25, -0.2) is 8.42 Å². The standard InChI is InChI=1S/C31H46N4O5S/c1-22-16-26(35-15-9-10-27(20-35)32(4)5)12-11-25(22)19-33(6)30(37)14-13-28(36)21-34(7)41(38,39)31-23(2)17-29(40-8)18-24(31)3/h11-12,16-18,27H,9-10,13-15,19-21H2,1-8H3. The molecule has 2 aromatic rings. The lowest BCUT2D eigenvalue weighted by atomic mass is 10.0. The van der Waals surface area contributed by atoms with E-state index in [2.05, 4.69) is 49.0 Å². The van der Waals surface area contributed by atoms with Crippen LogP contribution in [0.3, 0.4) is 0 Å². The second kappa shape index (κ2) is 13.8. The zero-order chi connectivity index (χ0) is 30.5. The van der Waals surface area contributed by atoms with Gasteiger partial charge in [0.1, 0.15) is 11.5 Å². The van der Waals surface area contributed by atoms with Crippen LogP contribution in [-0.4, -0.2) is 95.2 Å². The molecule has 9 nitrogen and oxygen atoms in total. The number of carbonyl (C=O) groups excluding carboxylic acids is 2.